The quantitative estimate of drug-likeness (QED) is 0.812. The first kappa shape index (κ1) is 15.6. The van der Waals surface area contributed by atoms with E-state index in [0.717, 1.165) is 18.7 Å². The molecule has 0 amide bonds. The Kier molecular flexibility index (Phi) is 5.82. The van der Waals surface area contributed by atoms with E-state index in [0.29, 0.717) is 6.61 Å². The van der Waals surface area contributed by atoms with E-state index in [1.807, 2.05) is 12.1 Å². The molecule has 0 bridgehead atoms. The van der Waals surface area contributed by atoms with Crippen molar-refractivity contribution in [1.82, 2.24) is 5.32 Å². The van der Waals surface area contributed by atoms with Crippen molar-refractivity contribution in [3.05, 3.63) is 65.2 Å². The second-order valence-electron chi connectivity index (χ2n) is 5.54. The van der Waals surface area contributed by atoms with Crippen LogP contribution < -0.4 is 10.1 Å². The molecular weight excluding hydrogens is 258 g/mol. The second kappa shape index (κ2) is 7.84. The van der Waals surface area contributed by atoms with Crippen LogP contribution in [-0.4, -0.2) is 13.2 Å². The van der Waals surface area contributed by atoms with Crippen LogP contribution in [0.2, 0.25) is 0 Å². The first-order chi connectivity index (χ1) is 10.2. The minimum atomic E-state index is 0.228. The Balaban J connectivity index is 2.04. The third-order valence-corrected chi connectivity index (χ3v) is 3.53. The number of nitrogens with one attached hydrogen (secondary N) is 1. The molecular formula is C19H25NO. The van der Waals surface area contributed by atoms with Crippen LogP contribution in [0.3, 0.4) is 0 Å². The number of benzene rings is 2. The maximum absolute atomic E-state index is 5.97. The van der Waals surface area contributed by atoms with Crippen LogP contribution in [0.4, 0.5) is 0 Å². The smallest absolute Gasteiger partial charge is 0.119 e. The lowest BCUT2D eigenvalue weighted by atomic mass is 10.1. The zero-order valence-electron chi connectivity index (χ0n) is 13.2. The molecule has 1 atom stereocenters. The van der Waals surface area contributed by atoms with Crippen molar-refractivity contribution in [2.75, 3.05) is 13.2 Å². The number of ether oxygens (including phenoxy) is 1. The van der Waals surface area contributed by atoms with Crippen LogP contribution in [0.15, 0.2) is 48.5 Å². The number of hydrogen-bond donors (Lipinski definition) is 1. The molecule has 0 radical (unpaired) electrons. The summed E-state index contributed by atoms with van der Waals surface area (Å²) in [7, 11) is 0. The van der Waals surface area contributed by atoms with Crippen LogP contribution in [0.5, 0.6) is 5.75 Å². The van der Waals surface area contributed by atoms with E-state index in [1.54, 1.807) is 0 Å². The van der Waals surface area contributed by atoms with Crippen molar-refractivity contribution in [3.8, 4) is 5.75 Å². The van der Waals surface area contributed by atoms with Gasteiger partial charge in [0.1, 0.15) is 12.4 Å². The van der Waals surface area contributed by atoms with Gasteiger partial charge in [-0.3, -0.25) is 0 Å². The molecule has 0 spiro atoms. The van der Waals surface area contributed by atoms with E-state index in [-0.39, 0.29) is 6.04 Å². The van der Waals surface area contributed by atoms with Gasteiger partial charge in [0.25, 0.3) is 0 Å². The van der Waals surface area contributed by atoms with Gasteiger partial charge in [-0.2, -0.15) is 0 Å². The largest absolute Gasteiger partial charge is 0.492 e. The van der Waals surface area contributed by atoms with Crippen LogP contribution >= 0.6 is 0 Å². The van der Waals surface area contributed by atoms with E-state index in [4.69, 9.17) is 4.74 Å². The minimum Gasteiger partial charge on any atom is -0.492 e. The zero-order chi connectivity index (χ0) is 15.1. The third kappa shape index (κ3) is 4.91. The van der Waals surface area contributed by atoms with Gasteiger partial charge >= 0.3 is 0 Å². The predicted octanol–water partition coefficient (Wildman–Crippen LogP) is 4.42. The fraction of sp³-hybridized carbons (Fsp3) is 0.368. The molecule has 0 aliphatic rings. The molecule has 0 aromatic heterocycles. The summed E-state index contributed by atoms with van der Waals surface area (Å²) in [5.74, 6) is 0.936. The van der Waals surface area contributed by atoms with Crippen molar-refractivity contribution in [2.24, 2.45) is 0 Å². The summed E-state index contributed by atoms with van der Waals surface area (Å²) in [6.45, 7) is 8.02. The fourth-order valence-corrected chi connectivity index (χ4v) is 2.28. The van der Waals surface area contributed by atoms with Gasteiger partial charge in [-0.1, -0.05) is 48.9 Å². The van der Waals surface area contributed by atoms with Gasteiger partial charge in [0.2, 0.25) is 0 Å². The van der Waals surface area contributed by atoms with Gasteiger partial charge in [0.15, 0.2) is 0 Å². The van der Waals surface area contributed by atoms with Gasteiger partial charge in [-0.25, -0.2) is 0 Å². The highest BCUT2D eigenvalue weighted by Crippen LogP contribution is 2.18. The summed E-state index contributed by atoms with van der Waals surface area (Å²) in [6, 6.07) is 17.1. The molecule has 112 valence electrons. The summed E-state index contributed by atoms with van der Waals surface area (Å²) in [5.41, 5.74) is 3.79. The van der Waals surface area contributed by atoms with Crippen molar-refractivity contribution < 1.29 is 4.74 Å². The summed E-state index contributed by atoms with van der Waals surface area (Å²) < 4.78 is 5.97. The molecule has 0 saturated heterocycles. The Hall–Kier alpha value is -1.80. The van der Waals surface area contributed by atoms with E-state index in [1.165, 1.54) is 16.7 Å². The van der Waals surface area contributed by atoms with Crippen LogP contribution in [0, 0.1) is 13.8 Å². The lowest BCUT2D eigenvalue weighted by Crippen LogP contribution is -2.27. The Morgan fingerprint density at radius 3 is 2.43 bits per heavy atom. The van der Waals surface area contributed by atoms with Crippen LogP contribution in [-0.2, 0) is 0 Å². The monoisotopic (exact) mass is 283 g/mol. The van der Waals surface area contributed by atoms with Gasteiger partial charge < -0.3 is 10.1 Å². The van der Waals surface area contributed by atoms with E-state index in [9.17, 15) is 0 Å². The van der Waals surface area contributed by atoms with Gasteiger partial charge in [0, 0.05) is 0 Å². The van der Waals surface area contributed by atoms with Gasteiger partial charge in [0.05, 0.1) is 6.04 Å². The average Bonchev–Trinajstić information content (AvgIpc) is 2.49. The molecule has 2 heteroatoms. The SMILES string of the molecule is CCCNC(COc1cccc(C)c1)c1ccc(C)cc1. The van der Waals surface area contributed by atoms with E-state index < -0.39 is 0 Å². The normalized spacial score (nSPS) is 12.1. The summed E-state index contributed by atoms with van der Waals surface area (Å²) in [6.07, 6.45) is 1.12. The van der Waals surface area contributed by atoms with Crippen LogP contribution in [0.25, 0.3) is 0 Å². The molecule has 0 saturated carbocycles. The number of rotatable bonds is 7. The number of aryl methyl sites for hydroxylation is 2. The summed E-state index contributed by atoms with van der Waals surface area (Å²) in [5, 5.41) is 3.57. The molecule has 0 heterocycles. The Labute approximate surface area is 128 Å². The Morgan fingerprint density at radius 2 is 1.76 bits per heavy atom. The molecule has 2 aromatic carbocycles. The maximum atomic E-state index is 5.97. The lowest BCUT2D eigenvalue weighted by molar-refractivity contribution is 0.266. The van der Waals surface area contributed by atoms with E-state index >= 15 is 0 Å². The first-order valence-corrected chi connectivity index (χ1v) is 7.68. The van der Waals surface area contributed by atoms with Crippen molar-refractivity contribution >= 4 is 0 Å². The summed E-state index contributed by atoms with van der Waals surface area (Å²) >= 11 is 0. The molecule has 2 rings (SSSR count). The summed E-state index contributed by atoms with van der Waals surface area (Å²) in [4.78, 5) is 0. The fourth-order valence-electron chi connectivity index (χ4n) is 2.28. The highest BCUT2D eigenvalue weighted by Gasteiger charge is 2.11. The molecule has 2 aromatic rings. The Bertz CT molecular complexity index is 548. The molecule has 21 heavy (non-hydrogen) atoms. The van der Waals surface area contributed by atoms with Gasteiger partial charge in [-0.05, 0) is 50.1 Å². The molecule has 0 aliphatic heterocycles. The second-order valence-corrected chi connectivity index (χ2v) is 5.54. The van der Waals surface area contributed by atoms with Crippen molar-refractivity contribution in [3.63, 3.8) is 0 Å². The third-order valence-electron chi connectivity index (χ3n) is 3.53. The highest BCUT2D eigenvalue weighted by atomic mass is 16.5. The number of hydrogen-bond acceptors (Lipinski definition) is 2. The van der Waals surface area contributed by atoms with Crippen LogP contribution in [0.1, 0.15) is 36.1 Å². The molecule has 0 fully saturated rings. The van der Waals surface area contributed by atoms with Gasteiger partial charge in [-0.15, -0.1) is 0 Å². The first-order valence-electron chi connectivity index (χ1n) is 7.68. The molecule has 1 N–H and O–H groups in total. The topological polar surface area (TPSA) is 21.3 Å². The minimum absolute atomic E-state index is 0.228. The Morgan fingerprint density at radius 1 is 1.00 bits per heavy atom. The van der Waals surface area contributed by atoms with E-state index in [2.05, 4.69) is 62.5 Å². The molecule has 2 nitrogen and oxygen atoms in total. The highest BCUT2D eigenvalue weighted by molar-refractivity contribution is 5.28. The molecule has 1 unspecified atom stereocenters. The predicted molar refractivity (Wildman–Crippen MR) is 88.9 cm³/mol. The molecule has 0 aliphatic carbocycles. The van der Waals surface area contributed by atoms with Crippen molar-refractivity contribution in [1.29, 1.82) is 0 Å². The van der Waals surface area contributed by atoms with Crippen molar-refractivity contribution in [2.45, 2.75) is 33.2 Å². The lowest BCUT2D eigenvalue weighted by Gasteiger charge is -2.20. The standard InChI is InChI=1S/C19H25NO/c1-4-12-20-19(17-10-8-15(2)9-11-17)14-21-18-7-5-6-16(3)13-18/h5-11,13,19-20H,4,12,14H2,1-3H3. The maximum Gasteiger partial charge on any atom is 0.119 e. The zero-order valence-corrected chi connectivity index (χ0v) is 13.2. The average molecular weight is 283 g/mol.